The van der Waals surface area contributed by atoms with Crippen molar-refractivity contribution in [3.63, 3.8) is 0 Å². The Morgan fingerprint density at radius 1 is 1.46 bits per heavy atom. The highest BCUT2D eigenvalue weighted by atomic mass is 16.6. The fraction of sp³-hybridized carbons (Fsp3) is 0.700. The maximum Gasteiger partial charge on any atom is 0.333 e. The van der Waals surface area contributed by atoms with Crippen LogP contribution in [0.15, 0.2) is 12.2 Å². The van der Waals surface area contributed by atoms with Crippen LogP contribution in [0.5, 0.6) is 0 Å². The van der Waals surface area contributed by atoms with Crippen LogP contribution in [-0.2, 0) is 14.3 Å². The molecule has 1 saturated carbocycles. The van der Waals surface area contributed by atoms with Gasteiger partial charge in [-0.3, -0.25) is 0 Å². The number of hydrogen-bond donors (Lipinski definition) is 0. The predicted molar refractivity (Wildman–Crippen MR) is 47.2 cm³/mol. The van der Waals surface area contributed by atoms with Crippen LogP contribution in [0, 0.1) is 0 Å². The number of ether oxygens (including phenoxy) is 2. The summed E-state index contributed by atoms with van der Waals surface area (Å²) in [4.78, 5) is 11.2. The number of epoxide rings is 1. The van der Waals surface area contributed by atoms with Gasteiger partial charge in [0.2, 0.25) is 0 Å². The molecule has 0 aromatic heterocycles. The standard InChI is InChI=1S/C10H14O3/c1-6(2)10(11)12-7-3-4-8-9(5-7)13-8/h7-9H,1,3-5H2,2H3/t7?,8-,9?/m0/s1. The summed E-state index contributed by atoms with van der Waals surface area (Å²) in [6, 6.07) is 0. The van der Waals surface area contributed by atoms with E-state index in [4.69, 9.17) is 9.47 Å². The number of esters is 1. The van der Waals surface area contributed by atoms with E-state index >= 15 is 0 Å². The average molecular weight is 182 g/mol. The predicted octanol–water partition coefficient (Wildman–Crippen LogP) is 1.43. The molecular weight excluding hydrogens is 168 g/mol. The summed E-state index contributed by atoms with van der Waals surface area (Å²) >= 11 is 0. The Morgan fingerprint density at radius 3 is 2.85 bits per heavy atom. The fourth-order valence-electron chi connectivity index (χ4n) is 1.73. The normalized spacial score (nSPS) is 36.2. The SMILES string of the molecule is C=C(C)C(=O)OC1CC[C@@H]2OC2C1. The molecule has 0 radical (unpaired) electrons. The molecular formula is C10H14O3. The first-order valence-electron chi connectivity index (χ1n) is 4.69. The maximum absolute atomic E-state index is 11.2. The number of rotatable bonds is 2. The lowest BCUT2D eigenvalue weighted by Crippen LogP contribution is -2.24. The van der Waals surface area contributed by atoms with Gasteiger partial charge in [-0.05, 0) is 19.8 Å². The van der Waals surface area contributed by atoms with Crippen molar-refractivity contribution in [2.24, 2.45) is 0 Å². The summed E-state index contributed by atoms with van der Waals surface area (Å²) < 4.78 is 10.6. The van der Waals surface area contributed by atoms with Gasteiger partial charge in [-0.1, -0.05) is 6.58 Å². The van der Waals surface area contributed by atoms with Gasteiger partial charge in [0.15, 0.2) is 0 Å². The molecule has 1 aliphatic heterocycles. The zero-order valence-electron chi connectivity index (χ0n) is 7.79. The van der Waals surface area contributed by atoms with Crippen LogP contribution in [0.3, 0.4) is 0 Å². The summed E-state index contributed by atoms with van der Waals surface area (Å²) in [6.45, 7) is 5.21. The van der Waals surface area contributed by atoms with Gasteiger partial charge in [-0.15, -0.1) is 0 Å². The summed E-state index contributed by atoms with van der Waals surface area (Å²) in [5.41, 5.74) is 0.471. The third-order valence-corrected chi connectivity index (χ3v) is 2.58. The largest absolute Gasteiger partial charge is 0.459 e. The molecule has 0 aromatic rings. The van der Waals surface area contributed by atoms with Crippen LogP contribution >= 0.6 is 0 Å². The Hall–Kier alpha value is -0.830. The van der Waals surface area contributed by atoms with Gasteiger partial charge in [-0.2, -0.15) is 0 Å². The number of fused-ring (bicyclic) bond motifs is 1. The Bertz CT molecular complexity index is 247. The zero-order valence-corrected chi connectivity index (χ0v) is 7.79. The minimum absolute atomic E-state index is 0.0490. The lowest BCUT2D eigenvalue weighted by Gasteiger charge is -2.19. The number of carbonyl (C=O) groups excluding carboxylic acids is 1. The average Bonchev–Trinajstić information content (AvgIpc) is 2.81. The lowest BCUT2D eigenvalue weighted by molar-refractivity contribution is -0.145. The molecule has 3 heteroatoms. The monoisotopic (exact) mass is 182 g/mol. The van der Waals surface area contributed by atoms with Crippen molar-refractivity contribution in [3.8, 4) is 0 Å². The molecule has 1 aliphatic carbocycles. The molecule has 3 nitrogen and oxygen atoms in total. The van der Waals surface area contributed by atoms with Crippen LogP contribution in [0.25, 0.3) is 0 Å². The Morgan fingerprint density at radius 2 is 2.23 bits per heavy atom. The van der Waals surface area contributed by atoms with Crippen molar-refractivity contribution < 1.29 is 14.3 Å². The molecule has 0 aromatic carbocycles. The highest BCUT2D eigenvalue weighted by molar-refractivity contribution is 5.87. The molecule has 2 fully saturated rings. The van der Waals surface area contributed by atoms with Gasteiger partial charge in [0.25, 0.3) is 0 Å². The van der Waals surface area contributed by atoms with Gasteiger partial charge in [0.1, 0.15) is 6.10 Å². The van der Waals surface area contributed by atoms with E-state index in [-0.39, 0.29) is 12.1 Å². The highest BCUT2D eigenvalue weighted by Gasteiger charge is 2.44. The molecule has 0 spiro atoms. The first-order valence-corrected chi connectivity index (χ1v) is 4.69. The van der Waals surface area contributed by atoms with Gasteiger partial charge in [0.05, 0.1) is 12.2 Å². The van der Waals surface area contributed by atoms with Crippen LogP contribution < -0.4 is 0 Å². The van der Waals surface area contributed by atoms with E-state index in [9.17, 15) is 4.79 Å². The molecule has 1 saturated heterocycles. The third kappa shape index (κ3) is 1.91. The second-order valence-electron chi connectivity index (χ2n) is 3.83. The maximum atomic E-state index is 11.2. The summed E-state index contributed by atoms with van der Waals surface area (Å²) in [6.07, 6.45) is 3.69. The minimum Gasteiger partial charge on any atom is -0.459 e. The zero-order chi connectivity index (χ0) is 9.42. The molecule has 1 heterocycles. The minimum atomic E-state index is -0.274. The molecule has 2 rings (SSSR count). The Balaban J connectivity index is 1.81. The molecule has 2 unspecified atom stereocenters. The Labute approximate surface area is 77.7 Å². The van der Waals surface area contributed by atoms with E-state index in [1.807, 2.05) is 0 Å². The molecule has 13 heavy (non-hydrogen) atoms. The number of carbonyl (C=O) groups is 1. The molecule has 0 bridgehead atoms. The van der Waals surface area contributed by atoms with Gasteiger partial charge in [-0.25, -0.2) is 4.79 Å². The summed E-state index contributed by atoms with van der Waals surface area (Å²) in [5, 5.41) is 0. The molecule has 3 atom stereocenters. The van der Waals surface area contributed by atoms with Crippen LogP contribution in [-0.4, -0.2) is 24.3 Å². The molecule has 0 amide bonds. The van der Waals surface area contributed by atoms with Crippen molar-refractivity contribution in [1.82, 2.24) is 0 Å². The molecule has 2 aliphatic rings. The topological polar surface area (TPSA) is 38.8 Å². The van der Waals surface area contributed by atoms with Gasteiger partial charge < -0.3 is 9.47 Å². The van der Waals surface area contributed by atoms with E-state index in [0.29, 0.717) is 17.8 Å². The lowest BCUT2D eigenvalue weighted by atomic mass is 9.98. The van der Waals surface area contributed by atoms with Crippen LogP contribution in [0.2, 0.25) is 0 Å². The van der Waals surface area contributed by atoms with Crippen molar-refractivity contribution >= 4 is 5.97 Å². The highest BCUT2D eigenvalue weighted by Crippen LogP contribution is 2.37. The third-order valence-electron chi connectivity index (χ3n) is 2.58. The van der Waals surface area contributed by atoms with E-state index in [2.05, 4.69) is 6.58 Å². The second kappa shape index (κ2) is 3.14. The summed E-state index contributed by atoms with van der Waals surface area (Å²) in [5.74, 6) is -0.274. The van der Waals surface area contributed by atoms with Crippen molar-refractivity contribution in [2.45, 2.75) is 44.5 Å². The van der Waals surface area contributed by atoms with Crippen molar-refractivity contribution in [3.05, 3.63) is 12.2 Å². The summed E-state index contributed by atoms with van der Waals surface area (Å²) in [7, 11) is 0. The number of hydrogen-bond acceptors (Lipinski definition) is 3. The molecule has 72 valence electrons. The van der Waals surface area contributed by atoms with Gasteiger partial charge in [0, 0.05) is 12.0 Å². The van der Waals surface area contributed by atoms with E-state index in [1.54, 1.807) is 6.92 Å². The quantitative estimate of drug-likeness (QED) is 0.368. The first kappa shape index (κ1) is 8.75. The van der Waals surface area contributed by atoms with E-state index in [1.165, 1.54) is 0 Å². The Kier molecular flexibility index (Phi) is 2.12. The van der Waals surface area contributed by atoms with Crippen molar-refractivity contribution in [1.29, 1.82) is 0 Å². The van der Waals surface area contributed by atoms with Gasteiger partial charge >= 0.3 is 5.97 Å². The molecule has 0 N–H and O–H groups in total. The van der Waals surface area contributed by atoms with E-state index in [0.717, 1.165) is 19.3 Å². The smallest absolute Gasteiger partial charge is 0.333 e. The van der Waals surface area contributed by atoms with Crippen LogP contribution in [0.1, 0.15) is 26.2 Å². The van der Waals surface area contributed by atoms with E-state index < -0.39 is 0 Å². The fourth-order valence-corrected chi connectivity index (χ4v) is 1.73. The van der Waals surface area contributed by atoms with Crippen LogP contribution in [0.4, 0.5) is 0 Å². The first-order chi connectivity index (χ1) is 6.16. The van der Waals surface area contributed by atoms with Crippen molar-refractivity contribution in [2.75, 3.05) is 0 Å². The second-order valence-corrected chi connectivity index (χ2v) is 3.83.